The largest absolute Gasteiger partial charge is 0.390 e. The van der Waals surface area contributed by atoms with Crippen LogP contribution in [0.25, 0.3) is 0 Å². The average Bonchev–Trinajstić information content (AvgIpc) is 2.26. The van der Waals surface area contributed by atoms with Gasteiger partial charge in [-0.2, -0.15) is 0 Å². The molecule has 0 aliphatic carbocycles. The Morgan fingerprint density at radius 1 is 1.33 bits per heavy atom. The van der Waals surface area contributed by atoms with Crippen molar-refractivity contribution < 1.29 is 15.0 Å². The number of carbonyl (C=O) groups is 1. The van der Waals surface area contributed by atoms with Crippen LogP contribution in [0.5, 0.6) is 0 Å². The van der Waals surface area contributed by atoms with Crippen molar-refractivity contribution in [1.82, 2.24) is 5.32 Å². The average molecular weight is 209 g/mol. The Hall–Kier alpha value is -1.39. The topological polar surface area (TPSA) is 69.6 Å². The first-order valence-electron chi connectivity index (χ1n) is 4.79. The number of carbonyl (C=O) groups excluding carboxylic acids is 1. The summed E-state index contributed by atoms with van der Waals surface area (Å²) < 4.78 is 0. The highest BCUT2D eigenvalue weighted by molar-refractivity contribution is 5.80. The fourth-order valence-electron chi connectivity index (χ4n) is 1.11. The maximum atomic E-state index is 11.2. The molecule has 0 fully saturated rings. The first kappa shape index (κ1) is 11.7. The third-order valence-corrected chi connectivity index (χ3v) is 2.04. The third kappa shape index (κ3) is 3.69. The summed E-state index contributed by atoms with van der Waals surface area (Å²) in [5.74, 6) is -0.561. The van der Waals surface area contributed by atoms with E-state index in [1.54, 1.807) is 0 Å². The molecule has 0 aromatic heterocycles. The van der Waals surface area contributed by atoms with E-state index in [-0.39, 0.29) is 0 Å². The number of hydrogen-bond donors (Lipinski definition) is 3. The molecule has 0 spiro atoms. The van der Waals surface area contributed by atoms with E-state index in [1.807, 2.05) is 30.3 Å². The standard InChI is InChI=1S/C11H15NO3/c1-8(13)10(14)11(15)12-7-9-5-3-2-4-6-9/h2-6,8,10,13-14H,7H2,1H3,(H,12,15). The third-order valence-electron chi connectivity index (χ3n) is 2.04. The van der Waals surface area contributed by atoms with Gasteiger partial charge >= 0.3 is 0 Å². The van der Waals surface area contributed by atoms with Gasteiger partial charge in [0.1, 0.15) is 0 Å². The molecule has 0 bridgehead atoms. The van der Waals surface area contributed by atoms with Gasteiger partial charge in [0.05, 0.1) is 6.10 Å². The zero-order valence-corrected chi connectivity index (χ0v) is 8.55. The predicted octanol–water partition coefficient (Wildman–Crippen LogP) is 0.0445. The molecule has 2 unspecified atom stereocenters. The summed E-state index contributed by atoms with van der Waals surface area (Å²) in [5, 5.41) is 20.7. The summed E-state index contributed by atoms with van der Waals surface area (Å²) in [4.78, 5) is 11.2. The molecule has 0 heterocycles. The Morgan fingerprint density at radius 2 is 1.93 bits per heavy atom. The number of aliphatic hydroxyl groups excluding tert-OH is 2. The highest BCUT2D eigenvalue weighted by Crippen LogP contribution is 1.98. The maximum Gasteiger partial charge on any atom is 0.251 e. The normalized spacial score (nSPS) is 14.3. The van der Waals surface area contributed by atoms with Crippen molar-refractivity contribution in [3.05, 3.63) is 35.9 Å². The molecule has 0 aliphatic rings. The van der Waals surface area contributed by atoms with Gasteiger partial charge in [-0.05, 0) is 12.5 Å². The van der Waals surface area contributed by atoms with E-state index < -0.39 is 18.1 Å². The second-order valence-electron chi connectivity index (χ2n) is 3.39. The molecule has 1 aromatic rings. The van der Waals surface area contributed by atoms with Crippen LogP contribution in [-0.2, 0) is 11.3 Å². The van der Waals surface area contributed by atoms with Gasteiger partial charge in [-0.1, -0.05) is 30.3 Å². The lowest BCUT2D eigenvalue weighted by Crippen LogP contribution is -2.40. The van der Waals surface area contributed by atoms with Crippen LogP contribution >= 0.6 is 0 Å². The molecule has 1 rings (SSSR count). The van der Waals surface area contributed by atoms with Gasteiger partial charge in [0, 0.05) is 6.54 Å². The van der Waals surface area contributed by atoms with Crippen LogP contribution in [-0.4, -0.2) is 28.3 Å². The highest BCUT2D eigenvalue weighted by Gasteiger charge is 2.19. The van der Waals surface area contributed by atoms with Crippen molar-refractivity contribution in [3.8, 4) is 0 Å². The van der Waals surface area contributed by atoms with Crippen molar-refractivity contribution in [2.24, 2.45) is 0 Å². The lowest BCUT2D eigenvalue weighted by molar-refractivity contribution is -0.134. The molecule has 0 saturated carbocycles. The van der Waals surface area contributed by atoms with Crippen LogP contribution in [0.3, 0.4) is 0 Å². The lowest BCUT2D eigenvalue weighted by Gasteiger charge is -2.13. The summed E-state index contributed by atoms with van der Waals surface area (Å²) in [7, 11) is 0. The summed E-state index contributed by atoms with van der Waals surface area (Å²) in [6, 6.07) is 9.36. The molecule has 4 nitrogen and oxygen atoms in total. The molecule has 2 atom stereocenters. The minimum atomic E-state index is -1.37. The second kappa shape index (κ2) is 5.48. The van der Waals surface area contributed by atoms with E-state index in [1.165, 1.54) is 6.92 Å². The maximum absolute atomic E-state index is 11.2. The lowest BCUT2D eigenvalue weighted by atomic mass is 10.2. The molecular weight excluding hydrogens is 194 g/mol. The Bertz CT molecular complexity index is 311. The highest BCUT2D eigenvalue weighted by atomic mass is 16.3. The second-order valence-corrected chi connectivity index (χ2v) is 3.39. The summed E-state index contributed by atoms with van der Waals surface area (Å²) in [6.07, 6.45) is -2.42. The van der Waals surface area contributed by atoms with Gasteiger partial charge in [0.15, 0.2) is 6.10 Å². The molecule has 1 amide bonds. The quantitative estimate of drug-likeness (QED) is 0.656. The zero-order chi connectivity index (χ0) is 11.3. The molecule has 0 aliphatic heterocycles. The van der Waals surface area contributed by atoms with Crippen LogP contribution in [0, 0.1) is 0 Å². The summed E-state index contributed by atoms with van der Waals surface area (Å²) in [5.41, 5.74) is 0.948. The molecule has 3 N–H and O–H groups in total. The van der Waals surface area contributed by atoms with Crippen molar-refractivity contribution in [2.45, 2.75) is 25.7 Å². The monoisotopic (exact) mass is 209 g/mol. The van der Waals surface area contributed by atoms with E-state index in [2.05, 4.69) is 5.32 Å². The molecule has 0 saturated heterocycles. The predicted molar refractivity (Wildman–Crippen MR) is 56.0 cm³/mol. The van der Waals surface area contributed by atoms with Crippen LogP contribution < -0.4 is 5.32 Å². The minimum Gasteiger partial charge on any atom is -0.390 e. The zero-order valence-electron chi connectivity index (χ0n) is 8.55. The van der Waals surface area contributed by atoms with Gasteiger partial charge in [0.2, 0.25) is 0 Å². The SMILES string of the molecule is CC(O)C(O)C(=O)NCc1ccccc1. The Labute approximate surface area is 88.6 Å². The number of aliphatic hydroxyl groups is 2. The van der Waals surface area contributed by atoms with Gasteiger partial charge in [-0.25, -0.2) is 0 Å². The van der Waals surface area contributed by atoms with E-state index in [0.29, 0.717) is 6.54 Å². The molecule has 15 heavy (non-hydrogen) atoms. The number of rotatable bonds is 4. The van der Waals surface area contributed by atoms with Gasteiger partial charge in [0.25, 0.3) is 5.91 Å². The van der Waals surface area contributed by atoms with Crippen molar-refractivity contribution in [2.75, 3.05) is 0 Å². The van der Waals surface area contributed by atoms with E-state index in [0.717, 1.165) is 5.56 Å². The molecule has 1 aromatic carbocycles. The number of nitrogens with one attached hydrogen (secondary N) is 1. The van der Waals surface area contributed by atoms with E-state index in [4.69, 9.17) is 5.11 Å². The summed E-state index contributed by atoms with van der Waals surface area (Å²) in [6.45, 7) is 1.72. The fraction of sp³-hybridized carbons (Fsp3) is 0.364. The first-order valence-corrected chi connectivity index (χ1v) is 4.79. The molecule has 82 valence electrons. The molecular formula is C11H15NO3. The molecule has 4 heteroatoms. The smallest absolute Gasteiger partial charge is 0.251 e. The van der Waals surface area contributed by atoms with Gasteiger partial charge in [-0.15, -0.1) is 0 Å². The van der Waals surface area contributed by atoms with Gasteiger partial charge < -0.3 is 15.5 Å². The van der Waals surface area contributed by atoms with Gasteiger partial charge in [-0.3, -0.25) is 4.79 Å². The van der Waals surface area contributed by atoms with E-state index >= 15 is 0 Å². The molecule has 0 radical (unpaired) electrons. The van der Waals surface area contributed by atoms with Crippen molar-refractivity contribution in [1.29, 1.82) is 0 Å². The Morgan fingerprint density at radius 3 is 2.47 bits per heavy atom. The number of amides is 1. The van der Waals surface area contributed by atoms with Crippen molar-refractivity contribution in [3.63, 3.8) is 0 Å². The number of benzene rings is 1. The van der Waals surface area contributed by atoms with E-state index in [9.17, 15) is 9.90 Å². The van der Waals surface area contributed by atoms with Crippen LogP contribution in [0.4, 0.5) is 0 Å². The van der Waals surface area contributed by atoms with Crippen molar-refractivity contribution >= 4 is 5.91 Å². The fourth-order valence-corrected chi connectivity index (χ4v) is 1.11. The van der Waals surface area contributed by atoms with Crippen LogP contribution in [0.1, 0.15) is 12.5 Å². The van der Waals surface area contributed by atoms with Crippen LogP contribution in [0.15, 0.2) is 30.3 Å². The Kier molecular flexibility index (Phi) is 4.27. The first-order chi connectivity index (χ1) is 7.11. The Balaban J connectivity index is 2.41. The summed E-state index contributed by atoms with van der Waals surface area (Å²) >= 11 is 0. The minimum absolute atomic E-state index is 0.351. The van der Waals surface area contributed by atoms with Crippen LogP contribution in [0.2, 0.25) is 0 Å². The number of hydrogen-bond acceptors (Lipinski definition) is 3.